The van der Waals surface area contributed by atoms with Crippen LogP contribution in [0.15, 0.2) is 28.7 Å². The Morgan fingerprint density at radius 3 is 2.67 bits per heavy atom. The second-order valence-corrected chi connectivity index (χ2v) is 4.05. The summed E-state index contributed by atoms with van der Waals surface area (Å²) < 4.78 is 0.940. The van der Waals surface area contributed by atoms with Gasteiger partial charge in [-0.25, -0.2) is 0 Å². The van der Waals surface area contributed by atoms with Gasteiger partial charge in [0.1, 0.15) is 0 Å². The SMILES string of the molecule is Nc1nc(Cl)nc(-c2cccc(Br)c2)n1. The van der Waals surface area contributed by atoms with Crippen LogP contribution in [0.25, 0.3) is 11.4 Å². The maximum Gasteiger partial charge on any atom is 0.227 e. The van der Waals surface area contributed by atoms with Gasteiger partial charge in [-0.05, 0) is 23.7 Å². The molecule has 0 atom stereocenters. The van der Waals surface area contributed by atoms with Crippen molar-refractivity contribution >= 4 is 33.5 Å². The van der Waals surface area contributed by atoms with Crippen LogP contribution < -0.4 is 5.73 Å². The normalized spacial score (nSPS) is 10.3. The predicted octanol–water partition coefficient (Wildman–Crippen LogP) is 2.54. The fraction of sp³-hybridized carbons (Fsp3) is 0. The maximum absolute atomic E-state index is 5.69. The van der Waals surface area contributed by atoms with Crippen LogP contribution in [0.4, 0.5) is 5.95 Å². The van der Waals surface area contributed by atoms with Crippen LogP contribution in [0, 0.1) is 0 Å². The second-order valence-electron chi connectivity index (χ2n) is 2.80. The van der Waals surface area contributed by atoms with Gasteiger partial charge in [-0.15, -0.1) is 0 Å². The van der Waals surface area contributed by atoms with Gasteiger partial charge in [0.25, 0.3) is 0 Å². The number of hydrogen-bond donors (Lipinski definition) is 1. The maximum atomic E-state index is 5.69. The van der Waals surface area contributed by atoms with Crippen molar-refractivity contribution in [1.82, 2.24) is 15.0 Å². The van der Waals surface area contributed by atoms with Gasteiger partial charge in [-0.3, -0.25) is 0 Å². The molecule has 4 nitrogen and oxygen atoms in total. The van der Waals surface area contributed by atoms with E-state index in [-0.39, 0.29) is 11.2 Å². The average molecular weight is 286 g/mol. The van der Waals surface area contributed by atoms with Crippen molar-refractivity contribution < 1.29 is 0 Å². The standard InChI is InChI=1S/C9H6BrClN4/c10-6-3-1-2-5(4-6)7-13-8(11)15-9(12)14-7/h1-4H,(H2,12,13,14,15). The Labute approximate surface area is 99.7 Å². The lowest BCUT2D eigenvalue weighted by molar-refractivity contribution is 1.07. The van der Waals surface area contributed by atoms with Crippen molar-refractivity contribution in [2.24, 2.45) is 0 Å². The van der Waals surface area contributed by atoms with Gasteiger partial charge >= 0.3 is 0 Å². The minimum Gasteiger partial charge on any atom is -0.368 e. The smallest absolute Gasteiger partial charge is 0.227 e. The minimum atomic E-state index is 0.0949. The van der Waals surface area contributed by atoms with Crippen LogP contribution in [-0.4, -0.2) is 15.0 Å². The fourth-order valence-corrected chi connectivity index (χ4v) is 1.69. The molecule has 0 radical (unpaired) electrons. The van der Waals surface area contributed by atoms with E-state index in [0.717, 1.165) is 10.0 Å². The largest absolute Gasteiger partial charge is 0.368 e. The number of aromatic nitrogens is 3. The summed E-state index contributed by atoms with van der Waals surface area (Å²) in [6.07, 6.45) is 0. The highest BCUT2D eigenvalue weighted by Crippen LogP contribution is 2.20. The lowest BCUT2D eigenvalue weighted by atomic mass is 10.2. The monoisotopic (exact) mass is 284 g/mol. The molecule has 2 N–H and O–H groups in total. The molecule has 1 heterocycles. The van der Waals surface area contributed by atoms with Crippen molar-refractivity contribution in [1.29, 1.82) is 0 Å². The van der Waals surface area contributed by atoms with E-state index >= 15 is 0 Å². The predicted molar refractivity (Wildman–Crippen MR) is 62.4 cm³/mol. The van der Waals surface area contributed by atoms with Crippen molar-refractivity contribution in [2.45, 2.75) is 0 Å². The third-order valence-corrected chi connectivity index (χ3v) is 2.37. The van der Waals surface area contributed by atoms with Crippen LogP contribution in [0.5, 0.6) is 0 Å². The van der Waals surface area contributed by atoms with E-state index in [1.807, 2.05) is 24.3 Å². The Bertz CT molecular complexity index is 483. The fourth-order valence-electron chi connectivity index (χ4n) is 1.12. The molecule has 0 fully saturated rings. The number of nitrogens with two attached hydrogens (primary N) is 1. The quantitative estimate of drug-likeness (QED) is 0.874. The Kier molecular flexibility index (Phi) is 2.83. The number of halogens is 2. The summed E-state index contributed by atoms with van der Waals surface area (Å²) in [6.45, 7) is 0. The Hall–Kier alpha value is -1.20. The number of nitrogens with zero attached hydrogens (tertiary/aromatic N) is 3. The van der Waals surface area contributed by atoms with Crippen molar-refractivity contribution in [3.8, 4) is 11.4 Å². The molecule has 0 saturated heterocycles. The van der Waals surface area contributed by atoms with Gasteiger partial charge in [0.15, 0.2) is 5.82 Å². The first kappa shape index (κ1) is 10.3. The first-order valence-electron chi connectivity index (χ1n) is 4.08. The number of rotatable bonds is 1. The first-order valence-corrected chi connectivity index (χ1v) is 5.25. The molecule has 0 amide bonds. The topological polar surface area (TPSA) is 64.7 Å². The zero-order valence-corrected chi connectivity index (χ0v) is 9.83. The van der Waals surface area contributed by atoms with Gasteiger partial charge in [0.2, 0.25) is 11.2 Å². The molecule has 1 aromatic carbocycles. The van der Waals surface area contributed by atoms with E-state index < -0.39 is 0 Å². The molecule has 15 heavy (non-hydrogen) atoms. The zero-order valence-electron chi connectivity index (χ0n) is 7.48. The third kappa shape index (κ3) is 2.43. The van der Waals surface area contributed by atoms with E-state index in [2.05, 4.69) is 30.9 Å². The molecular weight excluding hydrogens is 279 g/mol. The van der Waals surface area contributed by atoms with Crippen molar-refractivity contribution in [2.75, 3.05) is 5.73 Å². The highest BCUT2D eigenvalue weighted by atomic mass is 79.9. The molecule has 0 saturated carbocycles. The summed E-state index contributed by atoms with van der Waals surface area (Å²) in [4.78, 5) is 11.7. The van der Waals surface area contributed by atoms with Crippen LogP contribution >= 0.6 is 27.5 Å². The summed E-state index contributed by atoms with van der Waals surface area (Å²) >= 11 is 9.05. The Morgan fingerprint density at radius 2 is 2.00 bits per heavy atom. The highest BCUT2D eigenvalue weighted by Gasteiger charge is 2.05. The van der Waals surface area contributed by atoms with Gasteiger partial charge in [-0.1, -0.05) is 28.1 Å². The average Bonchev–Trinajstić information content (AvgIpc) is 2.16. The summed E-state index contributed by atoms with van der Waals surface area (Å²) in [5.74, 6) is 0.582. The summed E-state index contributed by atoms with van der Waals surface area (Å²) in [7, 11) is 0. The van der Waals surface area contributed by atoms with Crippen molar-refractivity contribution in [3.63, 3.8) is 0 Å². The summed E-state index contributed by atoms with van der Waals surface area (Å²) in [5, 5.41) is 0.0949. The Balaban J connectivity index is 2.54. The molecule has 2 aromatic rings. The molecule has 0 aliphatic heterocycles. The van der Waals surface area contributed by atoms with Crippen LogP contribution in [-0.2, 0) is 0 Å². The molecular formula is C9H6BrClN4. The molecule has 1 aromatic heterocycles. The summed E-state index contributed by atoms with van der Waals surface area (Å²) in [5.41, 5.74) is 6.31. The van der Waals surface area contributed by atoms with E-state index in [0.29, 0.717) is 5.82 Å². The summed E-state index contributed by atoms with van der Waals surface area (Å²) in [6, 6.07) is 7.55. The molecule has 6 heteroatoms. The molecule has 0 aliphatic rings. The van der Waals surface area contributed by atoms with Gasteiger partial charge < -0.3 is 5.73 Å². The number of anilines is 1. The number of benzene rings is 1. The third-order valence-electron chi connectivity index (χ3n) is 1.71. The minimum absolute atomic E-state index is 0.0949. The highest BCUT2D eigenvalue weighted by molar-refractivity contribution is 9.10. The molecule has 2 rings (SSSR count). The second kappa shape index (κ2) is 4.12. The van der Waals surface area contributed by atoms with E-state index in [9.17, 15) is 0 Å². The van der Waals surface area contributed by atoms with Gasteiger partial charge in [-0.2, -0.15) is 15.0 Å². The lowest BCUT2D eigenvalue weighted by Gasteiger charge is -2.01. The number of nitrogen functional groups attached to an aromatic ring is 1. The van der Waals surface area contributed by atoms with E-state index in [1.165, 1.54) is 0 Å². The zero-order chi connectivity index (χ0) is 10.8. The lowest BCUT2D eigenvalue weighted by Crippen LogP contribution is -1.99. The van der Waals surface area contributed by atoms with Crippen LogP contribution in [0.3, 0.4) is 0 Å². The molecule has 0 aliphatic carbocycles. The Morgan fingerprint density at radius 1 is 1.20 bits per heavy atom. The van der Waals surface area contributed by atoms with Crippen LogP contribution in [0.2, 0.25) is 5.28 Å². The molecule has 76 valence electrons. The number of hydrogen-bond acceptors (Lipinski definition) is 4. The van der Waals surface area contributed by atoms with Crippen molar-refractivity contribution in [3.05, 3.63) is 34.0 Å². The van der Waals surface area contributed by atoms with E-state index in [4.69, 9.17) is 17.3 Å². The van der Waals surface area contributed by atoms with Gasteiger partial charge in [0, 0.05) is 10.0 Å². The first-order chi connectivity index (χ1) is 7.15. The molecule has 0 spiro atoms. The van der Waals surface area contributed by atoms with Crippen LogP contribution in [0.1, 0.15) is 0 Å². The molecule has 0 bridgehead atoms. The van der Waals surface area contributed by atoms with Gasteiger partial charge in [0.05, 0.1) is 0 Å². The molecule has 0 unspecified atom stereocenters. The van der Waals surface area contributed by atoms with E-state index in [1.54, 1.807) is 0 Å².